The lowest BCUT2D eigenvalue weighted by molar-refractivity contribution is 0.0588. The van der Waals surface area contributed by atoms with Gasteiger partial charge in [-0.3, -0.25) is 14.3 Å². The van der Waals surface area contributed by atoms with Gasteiger partial charge in [0.25, 0.3) is 11.5 Å². The molecule has 1 amide bonds. The first-order chi connectivity index (χ1) is 14.2. The smallest absolute Gasteiger partial charge is 0.276 e. The fraction of sp³-hybridized carbons (Fsp3) is 0.619. The molecule has 0 aromatic carbocycles. The minimum atomic E-state index is -0.0457. The molecule has 3 aliphatic heterocycles. The number of nitrogens with zero attached hydrogens (tertiary/aromatic N) is 6. The molecule has 0 spiro atoms. The molecular weight excluding hydrogens is 368 g/mol. The van der Waals surface area contributed by atoms with Crippen molar-refractivity contribution in [2.45, 2.75) is 44.7 Å². The van der Waals surface area contributed by atoms with Crippen LogP contribution in [0.3, 0.4) is 0 Å². The van der Waals surface area contributed by atoms with Crippen LogP contribution in [0.2, 0.25) is 0 Å². The summed E-state index contributed by atoms with van der Waals surface area (Å²) in [6.07, 6.45) is 6.70. The number of likely N-dealkylation sites (tertiary alicyclic amines) is 2. The Balaban J connectivity index is 1.25. The van der Waals surface area contributed by atoms with Crippen molar-refractivity contribution >= 4 is 5.91 Å². The molecule has 2 atom stereocenters. The predicted molar refractivity (Wildman–Crippen MR) is 108 cm³/mol. The van der Waals surface area contributed by atoms with Crippen LogP contribution in [0.25, 0.3) is 0 Å². The van der Waals surface area contributed by atoms with Gasteiger partial charge < -0.3 is 14.4 Å². The molecule has 0 aliphatic carbocycles. The SMILES string of the molecule is O=C(c1cn(CCN2CCCCC2)nn1)N1CC2CC(C1)c1cccc(=O)n1C2. The van der Waals surface area contributed by atoms with E-state index in [1.54, 1.807) is 16.9 Å². The molecule has 2 unspecified atom stereocenters. The Kier molecular flexibility index (Phi) is 4.95. The fourth-order valence-corrected chi connectivity index (χ4v) is 5.16. The molecule has 8 nitrogen and oxygen atoms in total. The van der Waals surface area contributed by atoms with E-state index in [1.165, 1.54) is 19.3 Å². The molecule has 154 valence electrons. The zero-order valence-corrected chi connectivity index (χ0v) is 16.7. The average molecular weight is 396 g/mol. The van der Waals surface area contributed by atoms with Crippen LogP contribution in [0.1, 0.15) is 47.8 Å². The van der Waals surface area contributed by atoms with Gasteiger partial charge in [0.15, 0.2) is 5.69 Å². The van der Waals surface area contributed by atoms with Gasteiger partial charge in [-0.05, 0) is 44.3 Å². The van der Waals surface area contributed by atoms with Crippen molar-refractivity contribution in [3.8, 4) is 0 Å². The third-order valence-electron chi connectivity index (χ3n) is 6.62. The van der Waals surface area contributed by atoms with Gasteiger partial charge in [-0.15, -0.1) is 5.10 Å². The first kappa shape index (κ1) is 18.5. The van der Waals surface area contributed by atoms with Gasteiger partial charge in [-0.25, -0.2) is 0 Å². The second kappa shape index (κ2) is 7.74. The number of amides is 1. The summed E-state index contributed by atoms with van der Waals surface area (Å²) in [5.41, 5.74) is 1.54. The maximum Gasteiger partial charge on any atom is 0.276 e. The maximum absolute atomic E-state index is 13.1. The third kappa shape index (κ3) is 3.73. The number of piperidine rings is 2. The number of fused-ring (bicyclic) bond motifs is 4. The topological polar surface area (TPSA) is 76.3 Å². The van der Waals surface area contributed by atoms with Crippen LogP contribution in [-0.4, -0.2) is 68.0 Å². The van der Waals surface area contributed by atoms with Crippen molar-refractivity contribution in [1.82, 2.24) is 29.4 Å². The molecule has 2 fully saturated rings. The van der Waals surface area contributed by atoms with E-state index in [2.05, 4.69) is 15.2 Å². The molecule has 2 saturated heterocycles. The lowest BCUT2D eigenvalue weighted by Crippen LogP contribution is -2.49. The largest absolute Gasteiger partial charge is 0.336 e. The van der Waals surface area contributed by atoms with E-state index in [1.807, 2.05) is 21.6 Å². The van der Waals surface area contributed by atoms with E-state index in [0.29, 0.717) is 31.2 Å². The number of hydrogen-bond acceptors (Lipinski definition) is 5. The third-order valence-corrected chi connectivity index (χ3v) is 6.62. The van der Waals surface area contributed by atoms with Crippen LogP contribution < -0.4 is 5.56 Å². The Labute approximate surface area is 170 Å². The van der Waals surface area contributed by atoms with Crippen molar-refractivity contribution in [2.75, 3.05) is 32.7 Å². The van der Waals surface area contributed by atoms with E-state index in [4.69, 9.17) is 0 Å². The number of carbonyl (C=O) groups is 1. The molecule has 2 aromatic heterocycles. The highest BCUT2D eigenvalue weighted by Crippen LogP contribution is 2.35. The molecule has 5 heterocycles. The first-order valence-electron chi connectivity index (χ1n) is 10.8. The minimum Gasteiger partial charge on any atom is -0.336 e. The molecule has 29 heavy (non-hydrogen) atoms. The van der Waals surface area contributed by atoms with Crippen molar-refractivity contribution in [2.24, 2.45) is 5.92 Å². The Bertz CT molecular complexity index is 945. The summed E-state index contributed by atoms with van der Waals surface area (Å²) in [5, 5.41) is 8.34. The van der Waals surface area contributed by atoms with Gasteiger partial charge in [0.05, 0.1) is 12.7 Å². The number of rotatable bonds is 4. The maximum atomic E-state index is 13.1. The van der Waals surface area contributed by atoms with E-state index >= 15 is 0 Å². The molecule has 0 N–H and O–H groups in total. The lowest BCUT2D eigenvalue weighted by Gasteiger charge is -2.42. The van der Waals surface area contributed by atoms with Gasteiger partial charge in [-0.2, -0.15) is 0 Å². The molecular formula is C21H28N6O2. The van der Waals surface area contributed by atoms with Crippen LogP contribution >= 0.6 is 0 Å². The molecule has 3 aliphatic rings. The Morgan fingerprint density at radius 3 is 2.79 bits per heavy atom. The van der Waals surface area contributed by atoms with E-state index in [0.717, 1.165) is 38.3 Å². The number of pyridine rings is 1. The van der Waals surface area contributed by atoms with Gasteiger partial charge in [-0.1, -0.05) is 17.7 Å². The Morgan fingerprint density at radius 1 is 1.07 bits per heavy atom. The molecule has 2 bridgehead atoms. The van der Waals surface area contributed by atoms with Gasteiger partial charge in [0, 0.05) is 43.9 Å². The summed E-state index contributed by atoms with van der Waals surface area (Å²) < 4.78 is 3.68. The molecule has 5 rings (SSSR count). The van der Waals surface area contributed by atoms with E-state index < -0.39 is 0 Å². The molecule has 8 heteroatoms. The van der Waals surface area contributed by atoms with Crippen molar-refractivity contribution < 1.29 is 4.79 Å². The molecule has 0 saturated carbocycles. The van der Waals surface area contributed by atoms with Gasteiger partial charge in [0.1, 0.15) is 0 Å². The van der Waals surface area contributed by atoms with Crippen molar-refractivity contribution in [3.05, 3.63) is 46.1 Å². The average Bonchev–Trinajstić information content (AvgIpc) is 3.22. The Hall–Kier alpha value is -2.48. The summed E-state index contributed by atoms with van der Waals surface area (Å²) in [6.45, 7) is 6.04. The zero-order valence-electron chi connectivity index (χ0n) is 16.7. The summed E-state index contributed by atoms with van der Waals surface area (Å²) in [5.74, 6) is 0.490. The van der Waals surface area contributed by atoms with Crippen LogP contribution in [0.5, 0.6) is 0 Å². The second-order valence-corrected chi connectivity index (χ2v) is 8.68. The van der Waals surface area contributed by atoms with Crippen LogP contribution in [0.15, 0.2) is 29.2 Å². The van der Waals surface area contributed by atoms with Crippen LogP contribution in [0.4, 0.5) is 0 Å². The number of hydrogen-bond donors (Lipinski definition) is 0. The minimum absolute atomic E-state index is 0.0457. The van der Waals surface area contributed by atoms with Gasteiger partial charge in [0.2, 0.25) is 0 Å². The normalized spacial score (nSPS) is 24.3. The highest BCUT2D eigenvalue weighted by molar-refractivity contribution is 5.92. The number of carbonyl (C=O) groups excluding carboxylic acids is 1. The first-order valence-corrected chi connectivity index (χ1v) is 10.8. The predicted octanol–water partition coefficient (Wildman–Crippen LogP) is 1.19. The van der Waals surface area contributed by atoms with Crippen LogP contribution in [0, 0.1) is 5.92 Å². The summed E-state index contributed by atoms with van der Waals surface area (Å²) in [4.78, 5) is 29.6. The lowest BCUT2D eigenvalue weighted by atomic mass is 9.83. The molecule has 0 radical (unpaired) electrons. The second-order valence-electron chi connectivity index (χ2n) is 8.68. The fourth-order valence-electron chi connectivity index (χ4n) is 5.16. The number of aromatic nitrogens is 4. The van der Waals surface area contributed by atoms with E-state index in [-0.39, 0.29) is 17.4 Å². The van der Waals surface area contributed by atoms with E-state index in [9.17, 15) is 9.59 Å². The van der Waals surface area contributed by atoms with Crippen molar-refractivity contribution in [1.29, 1.82) is 0 Å². The summed E-state index contributed by atoms with van der Waals surface area (Å²) in [7, 11) is 0. The standard InChI is InChI=1S/C21H28N6O2/c28-20-6-4-5-19-17-11-16(13-27(19)20)12-25(14-17)21(29)18-15-26(23-22-18)10-9-24-7-2-1-3-8-24/h4-6,15-17H,1-3,7-14H2. The monoisotopic (exact) mass is 396 g/mol. The summed E-state index contributed by atoms with van der Waals surface area (Å²) >= 11 is 0. The van der Waals surface area contributed by atoms with Crippen molar-refractivity contribution in [3.63, 3.8) is 0 Å². The highest BCUT2D eigenvalue weighted by Gasteiger charge is 2.37. The zero-order chi connectivity index (χ0) is 19.8. The van der Waals surface area contributed by atoms with Crippen LogP contribution in [-0.2, 0) is 13.1 Å². The van der Waals surface area contributed by atoms with Gasteiger partial charge >= 0.3 is 0 Å². The highest BCUT2D eigenvalue weighted by atomic mass is 16.2. The molecule has 2 aromatic rings. The summed E-state index contributed by atoms with van der Waals surface area (Å²) in [6, 6.07) is 5.46. The Morgan fingerprint density at radius 2 is 1.93 bits per heavy atom. The quantitative estimate of drug-likeness (QED) is 0.776.